The highest BCUT2D eigenvalue weighted by molar-refractivity contribution is 7.88. The first-order chi connectivity index (χ1) is 9.87. The summed E-state index contributed by atoms with van der Waals surface area (Å²) in [7, 11) is -3.46. The number of hydrogen-bond acceptors (Lipinski definition) is 4. The van der Waals surface area contributed by atoms with Crippen LogP contribution in [-0.2, 0) is 20.5 Å². The maximum Gasteiger partial charge on any atom is 0.335 e. The molecule has 2 N–H and O–H groups in total. The van der Waals surface area contributed by atoms with Gasteiger partial charge in [0.2, 0.25) is 10.0 Å². The van der Waals surface area contributed by atoms with Crippen LogP contribution in [0.25, 0.3) is 0 Å². The lowest BCUT2D eigenvalue weighted by Gasteiger charge is -2.19. The van der Waals surface area contributed by atoms with E-state index in [0.717, 1.165) is 6.42 Å². The predicted octanol–water partition coefficient (Wildman–Crippen LogP) is 1.23. The maximum absolute atomic E-state index is 12.1. The van der Waals surface area contributed by atoms with E-state index in [2.05, 4.69) is 4.72 Å². The molecule has 1 aliphatic heterocycles. The molecule has 116 valence electrons. The van der Waals surface area contributed by atoms with Crippen molar-refractivity contribution in [2.75, 3.05) is 13.2 Å². The van der Waals surface area contributed by atoms with Gasteiger partial charge in [-0.3, -0.25) is 0 Å². The molecule has 21 heavy (non-hydrogen) atoms. The van der Waals surface area contributed by atoms with Gasteiger partial charge >= 0.3 is 5.97 Å². The van der Waals surface area contributed by atoms with Gasteiger partial charge in [0.15, 0.2) is 0 Å². The molecular formula is C14H19NO5S. The van der Waals surface area contributed by atoms with Gasteiger partial charge in [-0.05, 0) is 31.0 Å². The van der Waals surface area contributed by atoms with E-state index in [-0.39, 0.29) is 23.3 Å². The largest absolute Gasteiger partial charge is 0.478 e. The van der Waals surface area contributed by atoms with Crippen molar-refractivity contribution in [1.82, 2.24) is 4.72 Å². The van der Waals surface area contributed by atoms with E-state index >= 15 is 0 Å². The van der Waals surface area contributed by atoms with Crippen molar-refractivity contribution in [3.8, 4) is 0 Å². The van der Waals surface area contributed by atoms with Crippen molar-refractivity contribution in [3.05, 3.63) is 35.4 Å². The summed E-state index contributed by atoms with van der Waals surface area (Å²) in [5, 5.41) is 8.81. The Labute approximate surface area is 124 Å². The third kappa shape index (κ3) is 4.52. The number of benzene rings is 1. The zero-order chi connectivity index (χ0) is 15.5. The van der Waals surface area contributed by atoms with Gasteiger partial charge < -0.3 is 9.84 Å². The van der Waals surface area contributed by atoms with E-state index in [1.54, 1.807) is 0 Å². The first-order valence-corrected chi connectivity index (χ1v) is 8.42. The summed E-state index contributed by atoms with van der Waals surface area (Å²) >= 11 is 0. The first kappa shape index (κ1) is 15.9. The summed E-state index contributed by atoms with van der Waals surface area (Å²) in [6.45, 7) is 3.09. The van der Waals surface area contributed by atoms with E-state index in [1.165, 1.54) is 24.3 Å². The molecule has 1 aromatic carbocycles. The van der Waals surface area contributed by atoms with E-state index in [4.69, 9.17) is 9.84 Å². The Hall–Kier alpha value is -1.44. The van der Waals surface area contributed by atoms with Crippen molar-refractivity contribution in [1.29, 1.82) is 0 Å². The smallest absolute Gasteiger partial charge is 0.335 e. The Morgan fingerprint density at radius 2 is 2.10 bits per heavy atom. The lowest BCUT2D eigenvalue weighted by Crippen LogP contribution is -2.38. The number of aromatic carboxylic acids is 1. The maximum atomic E-state index is 12.1. The summed E-state index contributed by atoms with van der Waals surface area (Å²) in [6.07, 6.45) is 0.858. The standard InChI is InChI=1S/C14H19NO5S/c1-10(13-6-7-20-8-13)15-21(18,19)9-11-2-4-12(5-3-11)14(16)17/h2-5,10,13,15H,6-9H2,1H3,(H,16,17). The van der Waals surface area contributed by atoms with Gasteiger partial charge in [0.1, 0.15) is 0 Å². The number of rotatable bonds is 6. The molecule has 7 heteroatoms. The number of carboxylic acids is 1. The third-order valence-electron chi connectivity index (χ3n) is 3.60. The predicted molar refractivity (Wildman–Crippen MR) is 77.5 cm³/mol. The molecule has 0 bridgehead atoms. The van der Waals surface area contributed by atoms with Crippen LogP contribution in [0.15, 0.2) is 24.3 Å². The summed E-state index contributed by atoms with van der Waals surface area (Å²) in [5.74, 6) is -0.989. The van der Waals surface area contributed by atoms with E-state index in [9.17, 15) is 13.2 Å². The molecule has 0 amide bonds. The van der Waals surface area contributed by atoms with Gasteiger partial charge in [0.25, 0.3) is 0 Å². The lowest BCUT2D eigenvalue weighted by molar-refractivity contribution is 0.0697. The molecule has 1 saturated heterocycles. The minimum atomic E-state index is -3.46. The number of hydrogen-bond donors (Lipinski definition) is 2. The summed E-state index contributed by atoms with van der Waals surface area (Å²) < 4.78 is 32.2. The molecule has 0 aliphatic carbocycles. The molecule has 2 unspecified atom stereocenters. The second kappa shape index (κ2) is 6.55. The minimum Gasteiger partial charge on any atom is -0.478 e. The number of sulfonamides is 1. The fraction of sp³-hybridized carbons (Fsp3) is 0.500. The van der Waals surface area contributed by atoms with Crippen LogP contribution in [-0.4, -0.2) is 38.7 Å². The minimum absolute atomic E-state index is 0.139. The Morgan fingerprint density at radius 1 is 1.43 bits per heavy atom. The molecule has 2 atom stereocenters. The average molecular weight is 313 g/mol. The molecule has 1 heterocycles. The number of carbonyl (C=O) groups is 1. The fourth-order valence-electron chi connectivity index (χ4n) is 2.33. The highest BCUT2D eigenvalue weighted by Crippen LogP contribution is 2.17. The summed E-state index contributed by atoms with van der Waals surface area (Å²) in [6, 6.07) is 5.68. The Kier molecular flexibility index (Phi) is 4.97. The van der Waals surface area contributed by atoms with Gasteiger partial charge in [-0.2, -0.15) is 0 Å². The van der Waals surface area contributed by atoms with Crippen LogP contribution in [0.1, 0.15) is 29.3 Å². The SMILES string of the molecule is CC(NS(=O)(=O)Cc1ccc(C(=O)O)cc1)C1CCOC1. The van der Waals surface area contributed by atoms with Crippen LogP contribution >= 0.6 is 0 Å². The van der Waals surface area contributed by atoms with E-state index in [0.29, 0.717) is 18.8 Å². The topological polar surface area (TPSA) is 92.7 Å². The molecule has 1 fully saturated rings. The van der Waals surface area contributed by atoms with Gasteiger partial charge in [0, 0.05) is 18.6 Å². The zero-order valence-electron chi connectivity index (χ0n) is 11.8. The average Bonchev–Trinajstić information content (AvgIpc) is 2.92. The molecule has 0 spiro atoms. The fourth-order valence-corrected chi connectivity index (χ4v) is 3.80. The van der Waals surface area contributed by atoms with E-state index < -0.39 is 16.0 Å². The van der Waals surface area contributed by atoms with Gasteiger partial charge in [-0.25, -0.2) is 17.9 Å². The Morgan fingerprint density at radius 3 is 2.62 bits per heavy atom. The normalized spacial score (nSPS) is 20.3. The van der Waals surface area contributed by atoms with Crippen LogP contribution in [0, 0.1) is 5.92 Å². The van der Waals surface area contributed by atoms with Crippen LogP contribution < -0.4 is 4.72 Å². The zero-order valence-corrected chi connectivity index (χ0v) is 12.6. The number of nitrogens with one attached hydrogen (secondary N) is 1. The molecule has 0 aromatic heterocycles. The molecular weight excluding hydrogens is 294 g/mol. The van der Waals surface area contributed by atoms with Crippen LogP contribution in [0.3, 0.4) is 0 Å². The molecule has 1 aliphatic rings. The molecule has 2 rings (SSSR count). The van der Waals surface area contributed by atoms with Crippen molar-refractivity contribution in [2.45, 2.75) is 25.1 Å². The monoisotopic (exact) mass is 313 g/mol. The Balaban J connectivity index is 1.98. The van der Waals surface area contributed by atoms with Gasteiger partial charge in [0.05, 0.1) is 17.9 Å². The third-order valence-corrected chi connectivity index (χ3v) is 5.04. The first-order valence-electron chi connectivity index (χ1n) is 6.77. The van der Waals surface area contributed by atoms with Crippen LogP contribution in [0.5, 0.6) is 0 Å². The second-order valence-corrected chi connectivity index (χ2v) is 7.05. The molecule has 0 radical (unpaired) electrons. The van der Waals surface area contributed by atoms with E-state index in [1.807, 2.05) is 6.92 Å². The van der Waals surface area contributed by atoms with Gasteiger partial charge in [-0.1, -0.05) is 12.1 Å². The lowest BCUT2D eigenvalue weighted by atomic mass is 10.0. The van der Waals surface area contributed by atoms with Crippen molar-refractivity contribution in [2.24, 2.45) is 5.92 Å². The van der Waals surface area contributed by atoms with Crippen LogP contribution in [0.2, 0.25) is 0 Å². The number of ether oxygens (including phenoxy) is 1. The highest BCUT2D eigenvalue weighted by atomic mass is 32.2. The number of carboxylic acid groups (broad SMARTS) is 1. The quantitative estimate of drug-likeness (QED) is 0.824. The Bertz CT molecular complexity index is 590. The molecule has 6 nitrogen and oxygen atoms in total. The molecule has 1 aromatic rings. The highest BCUT2D eigenvalue weighted by Gasteiger charge is 2.26. The van der Waals surface area contributed by atoms with Crippen LogP contribution in [0.4, 0.5) is 0 Å². The second-order valence-electron chi connectivity index (χ2n) is 5.29. The molecule has 0 saturated carbocycles. The summed E-state index contributed by atoms with van der Waals surface area (Å²) in [4.78, 5) is 10.7. The summed E-state index contributed by atoms with van der Waals surface area (Å²) in [5.41, 5.74) is 0.697. The van der Waals surface area contributed by atoms with Crippen molar-refractivity contribution < 1.29 is 23.1 Å². The van der Waals surface area contributed by atoms with Gasteiger partial charge in [-0.15, -0.1) is 0 Å². The van der Waals surface area contributed by atoms with Crippen molar-refractivity contribution >= 4 is 16.0 Å². The van der Waals surface area contributed by atoms with Crippen molar-refractivity contribution in [3.63, 3.8) is 0 Å².